The Morgan fingerprint density at radius 2 is 2.06 bits per heavy atom. The maximum absolute atomic E-state index is 13.4. The van der Waals surface area contributed by atoms with E-state index in [1.54, 1.807) is 13.0 Å². The van der Waals surface area contributed by atoms with Crippen LogP contribution in [0.2, 0.25) is 0 Å². The minimum Gasteiger partial charge on any atom is -0.397 e. The van der Waals surface area contributed by atoms with Crippen molar-refractivity contribution in [3.05, 3.63) is 23.5 Å². The summed E-state index contributed by atoms with van der Waals surface area (Å²) in [6, 6.07) is 3.59. The molecule has 0 heterocycles. The molecule has 1 aliphatic carbocycles. The molecule has 0 radical (unpaired) electrons. The first kappa shape index (κ1) is 13.1. The van der Waals surface area contributed by atoms with Crippen LogP contribution in [0.4, 0.5) is 15.8 Å². The maximum atomic E-state index is 13.4. The first-order valence-electron chi connectivity index (χ1n) is 6.56. The van der Waals surface area contributed by atoms with Crippen molar-refractivity contribution in [2.24, 2.45) is 0 Å². The van der Waals surface area contributed by atoms with E-state index >= 15 is 0 Å². The van der Waals surface area contributed by atoms with Crippen LogP contribution in [0.15, 0.2) is 12.1 Å². The largest absolute Gasteiger partial charge is 0.397 e. The Morgan fingerprint density at radius 3 is 2.67 bits per heavy atom. The Hall–Kier alpha value is -1.29. The summed E-state index contributed by atoms with van der Waals surface area (Å²) >= 11 is 0. The molecule has 0 amide bonds. The molecule has 3 nitrogen and oxygen atoms in total. The van der Waals surface area contributed by atoms with E-state index in [4.69, 9.17) is 5.73 Å². The van der Waals surface area contributed by atoms with E-state index in [1.165, 1.54) is 18.9 Å². The lowest BCUT2D eigenvalue weighted by molar-refractivity contribution is 0.297. The highest BCUT2D eigenvalue weighted by atomic mass is 19.1. The molecular weight excluding hydrogens is 231 g/mol. The van der Waals surface area contributed by atoms with Gasteiger partial charge in [-0.25, -0.2) is 4.39 Å². The molecule has 2 rings (SSSR count). The zero-order chi connectivity index (χ0) is 13.1. The summed E-state index contributed by atoms with van der Waals surface area (Å²) in [5, 5.41) is 9.22. The number of rotatable bonds is 4. The number of hydrogen-bond acceptors (Lipinski definition) is 3. The van der Waals surface area contributed by atoms with Crippen molar-refractivity contribution in [3.63, 3.8) is 0 Å². The Balaban J connectivity index is 2.32. The molecule has 1 aromatic rings. The predicted octanol–water partition coefficient (Wildman–Crippen LogP) is 2.46. The molecule has 0 aliphatic heterocycles. The number of benzene rings is 1. The Kier molecular flexibility index (Phi) is 4.07. The standard InChI is InChI=1S/C14H21FN2O/c1-10-8-14(13(16)9-12(10)15)17(6-7-18)11-4-2-3-5-11/h8-9,11,18H,2-7,16H2,1H3. The lowest BCUT2D eigenvalue weighted by Crippen LogP contribution is -2.36. The molecule has 3 N–H and O–H groups in total. The molecular formula is C14H21FN2O. The van der Waals surface area contributed by atoms with Crippen LogP contribution in [-0.2, 0) is 0 Å². The van der Waals surface area contributed by atoms with Gasteiger partial charge in [-0.3, -0.25) is 0 Å². The molecule has 100 valence electrons. The van der Waals surface area contributed by atoms with E-state index in [0.717, 1.165) is 18.5 Å². The molecule has 1 fully saturated rings. The third-order valence-electron chi connectivity index (χ3n) is 3.72. The van der Waals surface area contributed by atoms with Crippen molar-refractivity contribution >= 4 is 11.4 Å². The van der Waals surface area contributed by atoms with E-state index in [-0.39, 0.29) is 12.4 Å². The Morgan fingerprint density at radius 1 is 1.39 bits per heavy atom. The van der Waals surface area contributed by atoms with Crippen molar-refractivity contribution < 1.29 is 9.50 Å². The predicted molar refractivity (Wildman–Crippen MR) is 72.2 cm³/mol. The molecule has 18 heavy (non-hydrogen) atoms. The maximum Gasteiger partial charge on any atom is 0.128 e. The van der Waals surface area contributed by atoms with E-state index in [1.807, 2.05) is 0 Å². The van der Waals surface area contributed by atoms with Gasteiger partial charge in [-0.05, 0) is 37.5 Å². The lowest BCUT2D eigenvalue weighted by Gasteiger charge is -2.32. The first-order valence-corrected chi connectivity index (χ1v) is 6.56. The normalized spacial score (nSPS) is 16.2. The number of aryl methyl sites for hydroxylation is 1. The third kappa shape index (κ3) is 2.58. The van der Waals surface area contributed by atoms with Crippen LogP contribution < -0.4 is 10.6 Å². The summed E-state index contributed by atoms with van der Waals surface area (Å²) in [4.78, 5) is 2.13. The van der Waals surface area contributed by atoms with Gasteiger partial charge in [-0.2, -0.15) is 0 Å². The van der Waals surface area contributed by atoms with Gasteiger partial charge < -0.3 is 15.7 Å². The average Bonchev–Trinajstić information content (AvgIpc) is 2.85. The van der Waals surface area contributed by atoms with Crippen molar-refractivity contribution in [3.8, 4) is 0 Å². The van der Waals surface area contributed by atoms with Gasteiger partial charge in [-0.15, -0.1) is 0 Å². The molecule has 4 heteroatoms. The molecule has 1 saturated carbocycles. The van der Waals surface area contributed by atoms with Gasteiger partial charge in [0, 0.05) is 12.6 Å². The van der Waals surface area contributed by atoms with E-state index < -0.39 is 0 Å². The van der Waals surface area contributed by atoms with Gasteiger partial charge in [-0.1, -0.05) is 12.8 Å². The third-order valence-corrected chi connectivity index (χ3v) is 3.72. The fourth-order valence-corrected chi connectivity index (χ4v) is 2.75. The molecule has 0 aromatic heterocycles. The number of nitrogens with two attached hydrogens (primary N) is 1. The summed E-state index contributed by atoms with van der Waals surface area (Å²) in [7, 11) is 0. The molecule has 1 aromatic carbocycles. The molecule has 1 aliphatic rings. The van der Waals surface area contributed by atoms with Crippen molar-refractivity contribution in [1.82, 2.24) is 0 Å². The fraction of sp³-hybridized carbons (Fsp3) is 0.571. The van der Waals surface area contributed by atoms with Crippen molar-refractivity contribution in [1.29, 1.82) is 0 Å². The monoisotopic (exact) mass is 252 g/mol. The number of aliphatic hydroxyl groups excluding tert-OH is 1. The van der Waals surface area contributed by atoms with Crippen molar-refractivity contribution in [2.45, 2.75) is 38.6 Å². The summed E-state index contributed by atoms with van der Waals surface area (Å²) in [5.41, 5.74) is 7.84. The molecule has 0 saturated heterocycles. The first-order chi connectivity index (χ1) is 8.63. The van der Waals surface area contributed by atoms with Crippen molar-refractivity contribution in [2.75, 3.05) is 23.8 Å². The highest BCUT2D eigenvalue weighted by Crippen LogP contribution is 2.33. The zero-order valence-electron chi connectivity index (χ0n) is 10.8. The highest BCUT2D eigenvalue weighted by Gasteiger charge is 2.24. The highest BCUT2D eigenvalue weighted by molar-refractivity contribution is 5.69. The van der Waals surface area contributed by atoms with Crippen LogP contribution in [0.3, 0.4) is 0 Å². The van der Waals surface area contributed by atoms with E-state index in [0.29, 0.717) is 23.8 Å². The van der Waals surface area contributed by atoms with Crippen LogP contribution in [0, 0.1) is 12.7 Å². The Labute approximate surface area is 107 Å². The van der Waals surface area contributed by atoms with Gasteiger partial charge >= 0.3 is 0 Å². The second kappa shape index (κ2) is 5.57. The summed E-state index contributed by atoms with van der Waals surface area (Å²) in [6.45, 7) is 2.39. The van der Waals surface area contributed by atoms with E-state index in [2.05, 4.69) is 4.90 Å². The zero-order valence-corrected chi connectivity index (χ0v) is 10.8. The number of nitrogens with zero attached hydrogens (tertiary/aromatic N) is 1. The van der Waals surface area contributed by atoms with Gasteiger partial charge in [0.25, 0.3) is 0 Å². The van der Waals surface area contributed by atoms with Crippen LogP contribution in [0.25, 0.3) is 0 Å². The van der Waals surface area contributed by atoms with Crippen LogP contribution in [-0.4, -0.2) is 24.3 Å². The molecule has 0 atom stereocenters. The number of nitrogen functional groups attached to an aromatic ring is 1. The van der Waals surface area contributed by atoms with Gasteiger partial charge in [0.05, 0.1) is 18.0 Å². The van der Waals surface area contributed by atoms with Crippen LogP contribution in [0.5, 0.6) is 0 Å². The number of anilines is 2. The number of aliphatic hydroxyl groups is 1. The van der Waals surface area contributed by atoms with Crippen LogP contribution >= 0.6 is 0 Å². The number of hydrogen-bond donors (Lipinski definition) is 2. The van der Waals surface area contributed by atoms with Gasteiger partial charge in [0.1, 0.15) is 5.82 Å². The fourth-order valence-electron chi connectivity index (χ4n) is 2.75. The van der Waals surface area contributed by atoms with E-state index in [9.17, 15) is 9.50 Å². The quantitative estimate of drug-likeness (QED) is 0.809. The Bertz CT molecular complexity index is 417. The van der Waals surface area contributed by atoms with Gasteiger partial charge in [0.2, 0.25) is 0 Å². The molecule has 0 unspecified atom stereocenters. The second-order valence-electron chi connectivity index (χ2n) is 5.02. The lowest BCUT2D eigenvalue weighted by atomic mass is 10.1. The summed E-state index contributed by atoms with van der Waals surface area (Å²) in [5.74, 6) is -0.272. The molecule has 0 bridgehead atoms. The minimum atomic E-state index is -0.272. The summed E-state index contributed by atoms with van der Waals surface area (Å²) < 4.78 is 13.4. The van der Waals surface area contributed by atoms with Crippen LogP contribution in [0.1, 0.15) is 31.2 Å². The SMILES string of the molecule is Cc1cc(N(CCO)C2CCCC2)c(N)cc1F. The summed E-state index contributed by atoms with van der Waals surface area (Å²) in [6.07, 6.45) is 4.67. The molecule has 0 spiro atoms. The topological polar surface area (TPSA) is 49.5 Å². The van der Waals surface area contributed by atoms with Gasteiger partial charge in [0.15, 0.2) is 0 Å². The average molecular weight is 252 g/mol. The number of halogens is 1. The smallest absolute Gasteiger partial charge is 0.128 e. The minimum absolute atomic E-state index is 0.0896. The second-order valence-corrected chi connectivity index (χ2v) is 5.02.